The van der Waals surface area contributed by atoms with Crippen molar-refractivity contribution in [2.24, 2.45) is 0 Å². The van der Waals surface area contributed by atoms with E-state index in [1.54, 1.807) is 11.3 Å². The minimum absolute atomic E-state index is 0.500. The van der Waals surface area contributed by atoms with E-state index in [1.165, 1.54) is 4.70 Å². The molecule has 8 aromatic rings. The maximum atomic E-state index is 15.8. The molecule has 0 N–H and O–H groups in total. The minimum atomic E-state index is -3.38. The number of aromatic nitrogens is 3. The first-order chi connectivity index (χ1) is 22.6. The Kier molecular flexibility index (Phi) is 6.20. The van der Waals surface area contributed by atoms with Crippen LogP contribution in [0.1, 0.15) is 0 Å². The Labute approximate surface area is 269 Å². The Morgan fingerprint density at radius 2 is 1.04 bits per heavy atom. The Bertz CT molecular complexity index is 2420. The molecule has 7 heteroatoms. The molecule has 0 saturated heterocycles. The van der Waals surface area contributed by atoms with Gasteiger partial charge in [-0.25, -0.2) is 15.0 Å². The Morgan fingerprint density at radius 1 is 0.478 bits per heavy atom. The monoisotopic (exact) mass is 629 g/mol. The van der Waals surface area contributed by atoms with Crippen molar-refractivity contribution < 1.29 is 9.30 Å². The molecule has 218 valence electrons. The summed E-state index contributed by atoms with van der Waals surface area (Å²) in [6, 6.07) is 47.8. The van der Waals surface area contributed by atoms with Gasteiger partial charge in [-0.15, -0.1) is 11.3 Å². The number of hydrogen-bond donors (Lipinski definition) is 0. The van der Waals surface area contributed by atoms with Crippen molar-refractivity contribution in [3.63, 3.8) is 0 Å². The normalized spacial score (nSPS) is 15.3. The van der Waals surface area contributed by atoms with Crippen molar-refractivity contribution in [2.45, 2.75) is 0 Å². The quantitative estimate of drug-likeness (QED) is 0.182. The highest BCUT2D eigenvalue weighted by Gasteiger charge is 2.40. The fraction of sp³-hybridized carbons (Fsp3) is 0. The maximum absolute atomic E-state index is 15.8. The van der Waals surface area contributed by atoms with Crippen molar-refractivity contribution in [2.75, 3.05) is 0 Å². The topological polar surface area (TPSA) is 65.0 Å². The largest absolute Gasteiger partial charge is 0.456 e. The summed E-state index contributed by atoms with van der Waals surface area (Å²) in [6.07, 6.45) is 0. The third-order valence-electron chi connectivity index (χ3n) is 8.39. The molecular formula is C39H24N3O2PS. The van der Waals surface area contributed by atoms with Crippen LogP contribution in [0.15, 0.2) is 146 Å². The van der Waals surface area contributed by atoms with Crippen molar-refractivity contribution >= 4 is 54.6 Å². The number of rotatable bonds is 4. The first-order valence-electron chi connectivity index (χ1n) is 15.0. The van der Waals surface area contributed by atoms with Gasteiger partial charge in [-0.05, 0) is 36.4 Å². The first kappa shape index (κ1) is 26.9. The summed E-state index contributed by atoms with van der Waals surface area (Å²) in [5.41, 5.74) is 2.52. The maximum Gasteiger partial charge on any atom is 0.178 e. The predicted molar refractivity (Wildman–Crippen MR) is 188 cm³/mol. The molecule has 0 saturated carbocycles. The Balaban J connectivity index is 1.27. The van der Waals surface area contributed by atoms with Gasteiger partial charge in [0.2, 0.25) is 0 Å². The zero-order valence-corrected chi connectivity index (χ0v) is 26.1. The molecular weight excluding hydrogens is 605 g/mol. The van der Waals surface area contributed by atoms with Gasteiger partial charge < -0.3 is 9.30 Å². The van der Waals surface area contributed by atoms with Crippen LogP contribution in [0.25, 0.3) is 54.3 Å². The second-order valence-corrected chi connectivity index (χ2v) is 15.0. The molecule has 0 radical (unpaired) electrons. The SMILES string of the molecule is O=P1(c2ccccc2)c2cc(-c3nc(-c4ccccc4)nc(-c4ccccc4)n3)ccc2Oc2cc3sc4ccccc4c3cc21. The van der Waals surface area contributed by atoms with Crippen LogP contribution in [0, 0.1) is 0 Å². The van der Waals surface area contributed by atoms with Crippen LogP contribution in [-0.2, 0) is 4.57 Å². The molecule has 0 amide bonds. The van der Waals surface area contributed by atoms with Crippen LogP contribution in [0.5, 0.6) is 11.5 Å². The number of nitrogens with zero attached hydrogens (tertiary/aromatic N) is 3. The van der Waals surface area contributed by atoms with Gasteiger partial charge in [0, 0.05) is 42.2 Å². The second kappa shape index (κ2) is 10.6. The van der Waals surface area contributed by atoms with E-state index in [1.807, 2.05) is 127 Å². The number of ether oxygens (including phenoxy) is 1. The molecule has 6 aromatic carbocycles. The van der Waals surface area contributed by atoms with Gasteiger partial charge in [0.05, 0.1) is 10.6 Å². The van der Waals surface area contributed by atoms with Gasteiger partial charge >= 0.3 is 0 Å². The summed E-state index contributed by atoms with van der Waals surface area (Å²) < 4.78 is 24.7. The van der Waals surface area contributed by atoms with E-state index < -0.39 is 7.14 Å². The molecule has 1 aliphatic rings. The van der Waals surface area contributed by atoms with Crippen molar-refractivity contribution in [3.05, 3.63) is 146 Å². The van der Waals surface area contributed by atoms with Gasteiger partial charge in [0.15, 0.2) is 24.6 Å². The van der Waals surface area contributed by atoms with Crippen LogP contribution in [0.4, 0.5) is 0 Å². The number of thiophene rings is 1. The Hall–Kier alpha value is -5.42. The van der Waals surface area contributed by atoms with Crippen molar-refractivity contribution in [1.82, 2.24) is 15.0 Å². The highest BCUT2D eigenvalue weighted by atomic mass is 32.1. The van der Waals surface area contributed by atoms with Gasteiger partial charge in [-0.1, -0.05) is 109 Å². The average molecular weight is 630 g/mol. The summed E-state index contributed by atoms with van der Waals surface area (Å²) in [4.78, 5) is 14.7. The van der Waals surface area contributed by atoms with Gasteiger partial charge in [-0.3, -0.25) is 0 Å². The highest BCUT2D eigenvalue weighted by Crippen LogP contribution is 2.53. The minimum Gasteiger partial charge on any atom is -0.456 e. The van der Waals surface area contributed by atoms with Gasteiger partial charge in [0.1, 0.15) is 11.5 Å². The van der Waals surface area contributed by atoms with E-state index in [2.05, 4.69) is 18.2 Å². The van der Waals surface area contributed by atoms with Gasteiger partial charge in [-0.2, -0.15) is 0 Å². The summed E-state index contributed by atoms with van der Waals surface area (Å²) in [5, 5.41) is 4.31. The zero-order chi connectivity index (χ0) is 30.7. The highest BCUT2D eigenvalue weighted by molar-refractivity contribution is 7.85. The molecule has 0 aliphatic carbocycles. The van der Waals surface area contributed by atoms with Crippen LogP contribution in [-0.4, -0.2) is 15.0 Å². The van der Waals surface area contributed by atoms with Crippen LogP contribution < -0.4 is 20.7 Å². The molecule has 0 spiro atoms. The fourth-order valence-electron chi connectivity index (χ4n) is 6.16. The molecule has 3 heterocycles. The Morgan fingerprint density at radius 3 is 1.72 bits per heavy atom. The number of benzene rings is 6. The van der Waals surface area contributed by atoms with E-state index in [0.29, 0.717) is 39.6 Å². The van der Waals surface area contributed by atoms with E-state index in [4.69, 9.17) is 19.7 Å². The molecule has 0 fully saturated rings. The molecule has 1 atom stereocenters. The molecule has 46 heavy (non-hydrogen) atoms. The first-order valence-corrected chi connectivity index (χ1v) is 17.5. The summed E-state index contributed by atoms with van der Waals surface area (Å²) in [5.74, 6) is 2.84. The van der Waals surface area contributed by atoms with Crippen LogP contribution in [0.3, 0.4) is 0 Å². The molecule has 1 aliphatic heterocycles. The summed E-state index contributed by atoms with van der Waals surface area (Å²) in [7, 11) is -3.38. The second-order valence-electron chi connectivity index (χ2n) is 11.2. The molecule has 5 nitrogen and oxygen atoms in total. The third-order valence-corrected chi connectivity index (χ3v) is 12.6. The predicted octanol–water partition coefficient (Wildman–Crippen LogP) is 8.99. The van der Waals surface area contributed by atoms with Crippen molar-refractivity contribution in [1.29, 1.82) is 0 Å². The van der Waals surface area contributed by atoms with Crippen LogP contribution in [0.2, 0.25) is 0 Å². The third kappa shape index (κ3) is 4.30. The lowest BCUT2D eigenvalue weighted by molar-refractivity contribution is 0.486. The van der Waals surface area contributed by atoms with Crippen LogP contribution >= 0.6 is 18.5 Å². The van der Waals surface area contributed by atoms with Gasteiger partial charge in [0.25, 0.3) is 0 Å². The van der Waals surface area contributed by atoms with E-state index >= 15 is 4.57 Å². The van der Waals surface area contributed by atoms with Crippen molar-refractivity contribution in [3.8, 4) is 45.7 Å². The molecule has 9 rings (SSSR count). The number of fused-ring (bicyclic) bond motifs is 5. The lowest BCUT2D eigenvalue weighted by Gasteiger charge is -2.29. The lowest BCUT2D eigenvalue weighted by atomic mass is 10.1. The van der Waals surface area contributed by atoms with E-state index in [-0.39, 0.29) is 0 Å². The molecule has 1 unspecified atom stereocenters. The fourth-order valence-corrected chi connectivity index (χ4v) is 10.2. The lowest BCUT2D eigenvalue weighted by Crippen LogP contribution is -2.30. The molecule has 2 aromatic heterocycles. The zero-order valence-electron chi connectivity index (χ0n) is 24.4. The standard InChI is InChI=1S/C39H24N3O2PS/c43-45(28-16-8-3-9-17-28)33-22-27(39-41-37(25-12-4-1-5-13-25)40-38(42-39)26-14-6-2-7-15-26)20-21-31(33)44-32-24-36-30(23-34(32)45)29-18-10-11-19-35(29)46-36/h1-24H. The molecule has 0 bridgehead atoms. The van der Waals surface area contributed by atoms with E-state index in [9.17, 15) is 0 Å². The summed E-state index contributed by atoms with van der Waals surface area (Å²) in [6.45, 7) is 0. The average Bonchev–Trinajstić information content (AvgIpc) is 3.49. The van der Waals surface area contributed by atoms with E-state index in [0.717, 1.165) is 37.5 Å². The smallest absolute Gasteiger partial charge is 0.178 e. The summed E-state index contributed by atoms with van der Waals surface area (Å²) >= 11 is 1.72. The number of hydrogen-bond acceptors (Lipinski definition) is 6.